The largest absolute Gasteiger partial charge is 0.481 e. The average molecular weight is 324 g/mol. The van der Waals surface area contributed by atoms with Gasteiger partial charge in [0.2, 0.25) is 0 Å². The van der Waals surface area contributed by atoms with Crippen LogP contribution in [0.1, 0.15) is 64.7 Å². The molecule has 0 amide bonds. The molecule has 1 heterocycles. The summed E-state index contributed by atoms with van der Waals surface area (Å²) < 4.78 is 11.4. The molecule has 2 rings (SSSR count). The standard InChI is InChI=1S/C18H28O5/c1-13(18(20)21)7-3-2-4-8-14-11-15(12-16(14)19)23-17-9-5-6-10-22-17/h11,13,15,17H,2-10,12H2,1H3,(H,20,21). The van der Waals surface area contributed by atoms with E-state index in [0.717, 1.165) is 57.1 Å². The highest BCUT2D eigenvalue weighted by molar-refractivity contribution is 5.98. The molecule has 0 spiro atoms. The van der Waals surface area contributed by atoms with E-state index in [9.17, 15) is 9.59 Å². The van der Waals surface area contributed by atoms with Crippen LogP contribution in [0.2, 0.25) is 0 Å². The van der Waals surface area contributed by atoms with Crippen LogP contribution in [0.3, 0.4) is 0 Å². The van der Waals surface area contributed by atoms with Gasteiger partial charge in [-0.25, -0.2) is 0 Å². The van der Waals surface area contributed by atoms with Gasteiger partial charge in [-0.2, -0.15) is 0 Å². The Morgan fingerprint density at radius 2 is 2.22 bits per heavy atom. The van der Waals surface area contributed by atoms with Crippen LogP contribution in [0.15, 0.2) is 11.6 Å². The topological polar surface area (TPSA) is 72.8 Å². The van der Waals surface area contributed by atoms with Gasteiger partial charge in [0.15, 0.2) is 12.1 Å². The zero-order valence-corrected chi connectivity index (χ0v) is 14.0. The molecule has 0 aromatic carbocycles. The molecule has 1 N–H and O–H groups in total. The van der Waals surface area contributed by atoms with E-state index >= 15 is 0 Å². The molecular weight excluding hydrogens is 296 g/mol. The van der Waals surface area contributed by atoms with E-state index in [4.69, 9.17) is 14.6 Å². The Morgan fingerprint density at radius 1 is 1.39 bits per heavy atom. The molecule has 3 unspecified atom stereocenters. The maximum Gasteiger partial charge on any atom is 0.306 e. The molecule has 1 saturated heterocycles. The lowest BCUT2D eigenvalue weighted by molar-refractivity contribution is -0.178. The minimum Gasteiger partial charge on any atom is -0.481 e. The fourth-order valence-corrected chi connectivity index (χ4v) is 3.08. The third-order valence-electron chi connectivity index (χ3n) is 4.60. The van der Waals surface area contributed by atoms with Gasteiger partial charge in [-0.3, -0.25) is 9.59 Å². The number of hydrogen-bond acceptors (Lipinski definition) is 4. The number of Topliss-reactive ketones (excluding diaryl/α,β-unsaturated/α-hetero) is 1. The number of hydrogen-bond donors (Lipinski definition) is 1. The van der Waals surface area contributed by atoms with Gasteiger partial charge >= 0.3 is 5.97 Å². The lowest BCUT2D eigenvalue weighted by atomic mass is 10.0. The second-order valence-electron chi connectivity index (χ2n) is 6.63. The zero-order chi connectivity index (χ0) is 16.7. The molecule has 23 heavy (non-hydrogen) atoms. The first kappa shape index (κ1) is 18.1. The lowest BCUT2D eigenvalue weighted by Gasteiger charge is -2.24. The molecule has 0 bridgehead atoms. The maximum atomic E-state index is 12.0. The number of ether oxygens (including phenoxy) is 2. The van der Waals surface area contributed by atoms with Crippen LogP contribution in [0, 0.1) is 5.92 Å². The molecule has 1 aliphatic heterocycles. The Morgan fingerprint density at radius 3 is 2.91 bits per heavy atom. The molecule has 0 aromatic rings. The monoisotopic (exact) mass is 324 g/mol. The van der Waals surface area contributed by atoms with Crippen molar-refractivity contribution < 1.29 is 24.2 Å². The van der Waals surface area contributed by atoms with E-state index in [2.05, 4.69) is 0 Å². The Balaban J connectivity index is 1.65. The highest BCUT2D eigenvalue weighted by Gasteiger charge is 2.27. The summed E-state index contributed by atoms with van der Waals surface area (Å²) in [4.78, 5) is 22.8. The number of carboxylic acid groups (broad SMARTS) is 1. The molecule has 130 valence electrons. The van der Waals surface area contributed by atoms with Crippen LogP contribution in [-0.4, -0.2) is 35.9 Å². The van der Waals surface area contributed by atoms with Crippen molar-refractivity contribution in [3.05, 3.63) is 11.6 Å². The number of carbonyl (C=O) groups excluding carboxylic acids is 1. The van der Waals surface area contributed by atoms with Gasteiger partial charge in [0.05, 0.1) is 12.0 Å². The van der Waals surface area contributed by atoms with Crippen molar-refractivity contribution in [2.75, 3.05) is 6.61 Å². The molecule has 3 atom stereocenters. The van der Waals surface area contributed by atoms with Crippen molar-refractivity contribution in [1.29, 1.82) is 0 Å². The fraction of sp³-hybridized carbons (Fsp3) is 0.778. The third-order valence-corrected chi connectivity index (χ3v) is 4.60. The Kier molecular flexibility index (Phi) is 7.24. The second-order valence-corrected chi connectivity index (χ2v) is 6.63. The predicted octanol–water partition coefficient (Wildman–Crippen LogP) is 3.47. The molecule has 5 heteroatoms. The van der Waals surface area contributed by atoms with Crippen molar-refractivity contribution in [2.24, 2.45) is 5.92 Å². The fourth-order valence-electron chi connectivity index (χ4n) is 3.08. The Labute approximate surface area is 138 Å². The first-order valence-corrected chi connectivity index (χ1v) is 8.80. The second kappa shape index (κ2) is 9.18. The number of unbranched alkanes of at least 4 members (excludes halogenated alkanes) is 2. The van der Waals surface area contributed by atoms with Gasteiger partial charge in [0.1, 0.15) is 0 Å². The van der Waals surface area contributed by atoms with Crippen molar-refractivity contribution in [3.63, 3.8) is 0 Å². The van der Waals surface area contributed by atoms with Gasteiger partial charge in [-0.05, 0) is 50.2 Å². The van der Waals surface area contributed by atoms with Crippen molar-refractivity contribution in [1.82, 2.24) is 0 Å². The van der Waals surface area contributed by atoms with Gasteiger partial charge in [-0.1, -0.05) is 19.8 Å². The van der Waals surface area contributed by atoms with Gasteiger partial charge < -0.3 is 14.6 Å². The van der Waals surface area contributed by atoms with E-state index in [1.807, 2.05) is 6.08 Å². The number of carbonyl (C=O) groups is 2. The summed E-state index contributed by atoms with van der Waals surface area (Å²) in [5, 5.41) is 8.83. The molecule has 0 radical (unpaired) electrons. The van der Waals surface area contributed by atoms with Gasteiger partial charge in [0, 0.05) is 13.0 Å². The molecule has 0 saturated carbocycles. The van der Waals surface area contributed by atoms with Crippen LogP contribution in [0.5, 0.6) is 0 Å². The molecular formula is C18H28O5. The summed E-state index contributed by atoms with van der Waals surface area (Å²) in [5.41, 5.74) is 0.872. The van der Waals surface area contributed by atoms with Crippen LogP contribution in [0.25, 0.3) is 0 Å². The summed E-state index contributed by atoms with van der Waals surface area (Å²) in [5.74, 6) is -0.830. The van der Waals surface area contributed by atoms with Crippen LogP contribution in [0.4, 0.5) is 0 Å². The van der Waals surface area contributed by atoms with E-state index in [1.54, 1.807) is 6.92 Å². The highest BCUT2D eigenvalue weighted by atomic mass is 16.7. The molecule has 5 nitrogen and oxygen atoms in total. The first-order valence-electron chi connectivity index (χ1n) is 8.80. The predicted molar refractivity (Wildman–Crippen MR) is 86.1 cm³/mol. The molecule has 1 aliphatic carbocycles. The lowest BCUT2D eigenvalue weighted by Crippen LogP contribution is -2.26. The number of rotatable bonds is 9. The number of ketones is 1. The summed E-state index contributed by atoms with van der Waals surface area (Å²) in [6.07, 6.45) is 9.48. The van der Waals surface area contributed by atoms with Crippen molar-refractivity contribution >= 4 is 11.8 Å². The minimum atomic E-state index is -0.733. The summed E-state index contributed by atoms with van der Waals surface area (Å²) in [7, 11) is 0. The van der Waals surface area contributed by atoms with E-state index in [0.29, 0.717) is 12.8 Å². The number of aliphatic carboxylic acids is 1. The van der Waals surface area contributed by atoms with E-state index in [-0.39, 0.29) is 24.1 Å². The van der Waals surface area contributed by atoms with Crippen LogP contribution >= 0.6 is 0 Å². The number of carboxylic acids is 1. The zero-order valence-electron chi connectivity index (χ0n) is 14.0. The molecule has 2 aliphatic rings. The molecule has 1 fully saturated rings. The van der Waals surface area contributed by atoms with Crippen LogP contribution < -0.4 is 0 Å². The van der Waals surface area contributed by atoms with Gasteiger partial charge in [-0.15, -0.1) is 0 Å². The highest BCUT2D eigenvalue weighted by Crippen LogP contribution is 2.26. The third kappa shape index (κ3) is 6.07. The van der Waals surface area contributed by atoms with E-state index < -0.39 is 5.97 Å². The SMILES string of the molecule is CC(CCCCCC1=CC(OC2CCCCO2)CC1=O)C(=O)O. The quantitative estimate of drug-likeness (QED) is 0.657. The van der Waals surface area contributed by atoms with Crippen LogP contribution in [-0.2, 0) is 19.1 Å². The summed E-state index contributed by atoms with van der Waals surface area (Å²) in [6, 6.07) is 0. The normalized spacial score (nSPS) is 26.1. The average Bonchev–Trinajstić information content (AvgIpc) is 2.87. The Bertz CT molecular complexity index is 437. The maximum absolute atomic E-state index is 12.0. The number of allylic oxidation sites excluding steroid dienone is 1. The van der Waals surface area contributed by atoms with E-state index in [1.165, 1.54) is 0 Å². The van der Waals surface area contributed by atoms with Crippen molar-refractivity contribution in [3.8, 4) is 0 Å². The smallest absolute Gasteiger partial charge is 0.306 e. The van der Waals surface area contributed by atoms with Gasteiger partial charge in [0.25, 0.3) is 0 Å². The Hall–Kier alpha value is -1.20. The minimum absolute atomic E-state index is 0.132. The first-order chi connectivity index (χ1) is 11.1. The summed E-state index contributed by atoms with van der Waals surface area (Å²) in [6.45, 7) is 2.48. The summed E-state index contributed by atoms with van der Waals surface area (Å²) >= 11 is 0. The molecule has 0 aromatic heterocycles. The van der Waals surface area contributed by atoms with Crippen molar-refractivity contribution in [2.45, 2.75) is 77.1 Å².